The lowest BCUT2D eigenvalue weighted by atomic mass is 10.4. The zero-order valence-corrected chi connectivity index (χ0v) is 6.25. The molecular weight excluding hydrogens is 189 g/mol. The highest BCUT2D eigenvalue weighted by Gasteiger charge is 2.29. The van der Waals surface area contributed by atoms with Gasteiger partial charge >= 0.3 is 12.1 Å². The molecule has 1 N–H and O–H groups in total. The third-order valence-corrected chi connectivity index (χ3v) is 1.28. The number of hydrogen-bond donors (Lipinski definition) is 1. The van der Waals surface area contributed by atoms with E-state index in [0.717, 1.165) is 12.5 Å². The van der Waals surface area contributed by atoms with Crippen LogP contribution in [0.2, 0.25) is 0 Å². The quantitative estimate of drug-likeness (QED) is 0.768. The average Bonchev–Trinajstić information content (AvgIpc) is 2.31. The molecule has 0 aliphatic carbocycles. The van der Waals surface area contributed by atoms with E-state index in [2.05, 4.69) is 4.98 Å². The number of carboxylic acid groups (broad SMARTS) is 1. The molecule has 0 spiro atoms. The second kappa shape index (κ2) is 3.08. The van der Waals surface area contributed by atoms with Gasteiger partial charge in [0.1, 0.15) is 12.2 Å². The van der Waals surface area contributed by atoms with Gasteiger partial charge in [-0.15, -0.1) is 0 Å². The minimum atomic E-state index is -4.44. The molecule has 0 unspecified atom stereocenters. The first kappa shape index (κ1) is 9.56. The van der Waals surface area contributed by atoms with Gasteiger partial charge in [0.2, 0.25) is 0 Å². The second-order valence-electron chi connectivity index (χ2n) is 2.33. The van der Waals surface area contributed by atoms with Gasteiger partial charge in [0.15, 0.2) is 0 Å². The van der Waals surface area contributed by atoms with Crippen LogP contribution in [0.25, 0.3) is 0 Å². The molecule has 0 saturated carbocycles. The van der Waals surface area contributed by atoms with E-state index in [1.807, 2.05) is 0 Å². The first-order chi connectivity index (χ1) is 5.90. The molecule has 1 aromatic rings. The third-order valence-electron chi connectivity index (χ3n) is 1.28. The normalized spacial score (nSPS) is 11.6. The maximum Gasteiger partial charge on any atom is 0.406 e. The summed E-state index contributed by atoms with van der Waals surface area (Å²) in [4.78, 5) is 13.7. The SMILES string of the molecule is O=C(O)c1cncn1CC(F)(F)F. The number of aromatic nitrogens is 2. The molecule has 0 bridgehead atoms. The molecule has 0 aliphatic heterocycles. The van der Waals surface area contributed by atoms with Gasteiger partial charge in [0.05, 0.1) is 12.5 Å². The summed E-state index contributed by atoms with van der Waals surface area (Å²) in [6.45, 7) is -1.34. The van der Waals surface area contributed by atoms with Crippen LogP contribution in [0.5, 0.6) is 0 Å². The van der Waals surface area contributed by atoms with Crippen molar-refractivity contribution in [2.75, 3.05) is 0 Å². The van der Waals surface area contributed by atoms with E-state index < -0.39 is 24.4 Å². The Morgan fingerprint density at radius 1 is 1.62 bits per heavy atom. The molecule has 0 aromatic carbocycles. The van der Waals surface area contributed by atoms with Gasteiger partial charge in [0, 0.05) is 0 Å². The van der Waals surface area contributed by atoms with Crippen molar-refractivity contribution in [1.82, 2.24) is 9.55 Å². The number of carboxylic acids is 1. The summed E-state index contributed by atoms with van der Waals surface area (Å²) in [5, 5.41) is 8.42. The van der Waals surface area contributed by atoms with Crippen LogP contribution in [-0.4, -0.2) is 26.8 Å². The Balaban J connectivity index is 2.89. The van der Waals surface area contributed by atoms with Gasteiger partial charge in [-0.05, 0) is 0 Å². The number of imidazole rings is 1. The molecule has 13 heavy (non-hydrogen) atoms. The van der Waals surface area contributed by atoms with Crippen molar-refractivity contribution >= 4 is 5.97 Å². The second-order valence-corrected chi connectivity index (χ2v) is 2.33. The van der Waals surface area contributed by atoms with Gasteiger partial charge in [-0.3, -0.25) is 0 Å². The number of aromatic carboxylic acids is 1. The lowest BCUT2D eigenvalue weighted by Crippen LogP contribution is -2.20. The van der Waals surface area contributed by atoms with Crippen LogP contribution in [0, 0.1) is 0 Å². The fourth-order valence-corrected chi connectivity index (χ4v) is 0.818. The highest BCUT2D eigenvalue weighted by atomic mass is 19.4. The van der Waals surface area contributed by atoms with E-state index in [1.165, 1.54) is 0 Å². The number of halogens is 3. The molecule has 0 atom stereocenters. The maximum absolute atomic E-state index is 11.8. The molecule has 4 nitrogen and oxygen atoms in total. The van der Waals surface area contributed by atoms with Crippen molar-refractivity contribution < 1.29 is 23.1 Å². The van der Waals surface area contributed by atoms with Gasteiger partial charge in [0.25, 0.3) is 0 Å². The molecule has 1 heterocycles. The fourth-order valence-electron chi connectivity index (χ4n) is 0.818. The maximum atomic E-state index is 11.8. The Bertz CT molecular complexity index is 318. The zero-order valence-electron chi connectivity index (χ0n) is 6.25. The van der Waals surface area contributed by atoms with Gasteiger partial charge in [-0.2, -0.15) is 13.2 Å². The Morgan fingerprint density at radius 3 is 2.69 bits per heavy atom. The molecule has 1 rings (SSSR count). The van der Waals surface area contributed by atoms with Crippen molar-refractivity contribution in [2.24, 2.45) is 0 Å². The Kier molecular flexibility index (Phi) is 2.26. The molecule has 0 saturated heterocycles. The van der Waals surface area contributed by atoms with Crippen LogP contribution in [0.1, 0.15) is 10.5 Å². The summed E-state index contributed by atoms with van der Waals surface area (Å²) in [6.07, 6.45) is -2.74. The number of hydrogen-bond acceptors (Lipinski definition) is 2. The van der Waals surface area contributed by atoms with E-state index in [1.54, 1.807) is 0 Å². The van der Waals surface area contributed by atoms with Crippen LogP contribution in [0.15, 0.2) is 12.5 Å². The van der Waals surface area contributed by atoms with Gasteiger partial charge in [-0.25, -0.2) is 9.78 Å². The molecular formula is C6H5F3N2O2. The minimum absolute atomic E-state index is 0.475. The summed E-state index contributed by atoms with van der Waals surface area (Å²) < 4.78 is 36.0. The van der Waals surface area contributed by atoms with Crippen molar-refractivity contribution in [2.45, 2.75) is 12.7 Å². The predicted octanol–water partition coefficient (Wildman–Crippen LogP) is 1.14. The predicted molar refractivity (Wildman–Crippen MR) is 35.2 cm³/mol. The highest BCUT2D eigenvalue weighted by molar-refractivity contribution is 5.85. The average molecular weight is 194 g/mol. The fraction of sp³-hybridized carbons (Fsp3) is 0.333. The van der Waals surface area contributed by atoms with Crippen molar-refractivity contribution in [3.8, 4) is 0 Å². The Hall–Kier alpha value is -1.53. The Morgan fingerprint density at radius 2 is 2.23 bits per heavy atom. The smallest absolute Gasteiger partial charge is 0.406 e. The summed E-state index contributed by atoms with van der Waals surface area (Å²) >= 11 is 0. The number of rotatable bonds is 2. The van der Waals surface area contributed by atoms with Crippen molar-refractivity contribution in [1.29, 1.82) is 0 Å². The Labute approximate surface area is 70.6 Å². The minimum Gasteiger partial charge on any atom is -0.477 e. The van der Waals surface area contributed by atoms with Crippen LogP contribution in [0.3, 0.4) is 0 Å². The lowest BCUT2D eigenvalue weighted by molar-refractivity contribution is -0.140. The molecule has 7 heteroatoms. The van der Waals surface area contributed by atoms with E-state index in [0.29, 0.717) is 4.57 Å². The van der Waals surface area contributed by atoms with Crippen LogP contribution >= 0.6 is 0 Å². The van der Waals surface area contributed by atoms with Gasteiger partial charge in [-0.1, -0.05) is 0 Å². The van der Waals surface area contributed by atoms with Crippen LogP contribution < -0.4 is 0 Å². The standard InChI is InChI=1S/C6H5F3N2O2/c7-6(8,9)2-11-3-10-1-4(11)5(12)13/h1,3H,2H2,(H,12,13). The summed E-state index contributed by atoms with van der Waals surface area (Å²) in [5.74, 6) is -1.43. The number of carbonyl (C=O) groups is 1. The number of nitrogens with zero attached hydrogens (tertiary/aromatic N) is 2. The van der Waals surface area contributed by atoms with Crippen molar-refractivity contribution in [3.05, 3.63) is 18.2 Å². The molecule has 72 valence electrons. The monoisotopic (exact) mass is 194 g/mol. The summed E-state index contributed by atoms with van der Waals surface area (Å²) in [5.41, 5.74) is -0.475. The topological polar surface area (TPSA) is 55.1 Å². The largest absolute Gasteiger partial charge is 0.477 e. The highest BCUT2D eigenvalue weighted by Crippen LogP contribution is 2.18. The molecule has 0 fully saturated rings. The van der Waals surface area contributed by atoms with E-state index in [4.69, 9.17) is 5.11 Å². The van der Waals surface area contributed by atoms with Gasteiger partial charge < -0.3 is 9.67 Å². The van der Waals surface area contributed by atoms with E-state index in [-0.39, 0.29) is 0 Å². The first-order valence-corrected chi connectivity index (χ1v) is 3.20. The molecule has 0 radical (unpaired) electrons. The van der Waals surface area contributed by atoms with Crippen LogP contribution in [-0.2, 0) is 6.54 Å². The lowest BCUT2D eigenvalue weighted by Gasteiger charge is -2.07. The van der Waals surface area contributed by atoms with E-state index >= 15 is 0 Å². The van der Waals surface area contributed by atoms with Crippen LogP contribution in [0.4, 0.5) is 13.2 Å². The molecule has 0 aliphatic rings. The zero-order chi connectivity index (χ0) is 10.1. The first-order valence-electron chi connectivity index (χ1n) is 3.20. The summed E-state index contributed by atoms with van der Waals surface area (Å²) in [6, 6.07) is 0. The van der Waals surface area contributed by atoms with Crippen molar-refractivity contribution in [3.63, 3.8) is 0 Å². The third kappa shape index (κ3) is 2.46. The summed E-state index contributed by atoms with van der Waals surface area (Å²) in [7, 11) is 0. The molecule has 0 amide bonds. The number of alkyl halides is 3. The van der Waals surface area contributed by atoms with E-state index in [9.17, 15) is 18.0 Å². The molecule has 1 aromatic heterocycles.